The number of nitro groups is 1. The Morgan fingerprint density at radius 2 is 2.26 bits per heavy atom. The highest BCUT2D eigenvalue weighted by Gasteiger charge is 2.17. The molecule has 2 aromatic rings. The zero-order valence-electron chi connectivity index (χ0n) is 9.32. The van der Waals surface area contributed by atoms with E-state index in [-0.39, 0.29) is 17.9 Å². The molecule has 0 saturated heterocycles. The standard InChI is InChI=1S/C11H7BrClFN2O2S/c12-7-4-6(19-11(7)13)5-15-10-8(14)2-1-3-9(10)16(17)18/h1-4,15H,5H2. The number of nitro benzene ring substituents is 1. The number of rotatable bonds is 4. The summed E-state index contributed by atoms with van der Waals surface area (Å²) < 4.78 is 14.9. The fourth-order valence-corrected chi connectivity index (χ4v) is 3.22. The second-order valence-corrected chi connectivity index (χ2v) is 6.17. The summed E-state index contributed by atoms with van der Waals surface area (Å²) in [5, 5.41) is 13.6. The van der Waals surface area contributed by atoms with Gasteiger partial charge in [0.1, 0.15) is 10.0 Å². The van der Waals surface area contributed by atoms with Crippen LogP contribution in [0.15, 0.2) is 28.7 Å². The lowest BCUT2D eigenvalue weighted by atomic mass is 10.2. The molecule has 0 atom stereocenters. The van der Waals surface area contributed by atoms with Gasteiger partial charge in [0, 0.05) is 22.0 Å². The molecule has 0 fully saturated rings. The van der Waals surface area contributed by atoms with Gasteiger partial charge in [0.15, 0.2) is 5.82 Å². The van der Waals surface area contributed by atoms with Crippen molar-refractivity contribution in [1.29, 1.82) is 0 Å². The fraction of sp³-hybridized carbons (Fsp3) is 0.0909. The Hall–Kier alpha value is -1.18. The van der Waals surface area contributed by atoms with Gasteiger partial charge in [-0.2, -0.15) is 0 Å². The summed E-state index contributed by atoms with van der Waals surface area (Å²) in [6.45, 7) is 0.262. The molecule has 0 aliphatic carbocycles. The van der Waals surface area contributed by atoms with Crippen molar-refractivity contribution in [2.24, 2.45) is 0 Å². The predicted molar refractivity (Wildman–Crippen MR) is 77.4 cm³/mol. The number of nitrogens with zero attached hydrogens (tertiary/aromatic N) is 1. The number of anilines is 1. The lowest BCUT2D eigenvalue weighted by Crippen LogP contribution is -2.03. The maximum Gasteiger partial charge on any atom is 0.295 e. The first-order chi connectivity index (χ1) is 8.99. The first kappa shape index (κ1) is 14.2. The maximum absolute atomic E-state index is 13.6. The van der Waals surface area contributed by atoms with Gasteiger partial charge in [-0.3, -0.25) is 10.1 Å². The number of thiophene rings is 1. The third-order valence-electron chi connectivity index (χ3n) is 2.32. The summed E-state index contributed by atoms with van der Waals surface area (Å²) in [5.74, 6) is -0.657. The molecule has 0 spiro atoms. The van der Waals surface area contributed by atoms with Crippen molar-refractivity contribution in [3.05, 3.63) is 53.9 Å². The molecule has 2 rings (SSSR count). The van der Waals surface area contributed by atoms with Gasteiger partial charge in [0.25, 0.3) is 5.69 Å². The average Bonchev–Trinajstić information content (AvgIpc) is 2.67. The van der Waals surface area contributed by atoms with E-state index in [2.05, 4.69) is 21.2 Å². The van der Waals surface area contributed by atoms with Crippen LogP contribution in [0.3, 0.4) is 0 Å². The first-order valence-electron chi connectivity index (χ1n) is 5.09. The van der Waals surface area contributed by atoms with Gasteiger partial charge in [0.2, 0.25) is 0 Å². The van der Waals surface area contributed by atoms with Crippen LogP contribution >= 0.6 is 38.9 Å². The normalized spacial score (nSPS) is 10.5. The lowest BCUT2D eigenvalue weighted by molar-refractivity contribution is -0.384. The highest BCUT2D eigenvalue weighted by atomic mass is 79.9. The Labute approximate surface area is 125 Å². The van der Waals surface area contributed by atoms with Gasteiger partial charge in [-0.05, 0) is 28.1 Å². The van der Waals surface area contributed by atoms with E-state index < -0.39 is 10.7 Å². The predicted octanol–water partition coefficient (Wildman–Crippen LogP) is 4.82. The van der Waals surface area contributed by atoms with Crippen molar-refractivity contribution in [2.75, 3.05) is 5.32 Å². The summed E-state index contributed by atoms with van der Waals surface area (Å²) in [7, 11) is 0. The number of para-hydroxylation sites is 1. The minimum absolute atomic E-state index is 0.117. The van der Waals surface area contributed by atoms with Crippen LogP contribution in [0.4, 0.5) is 15.8 Å². The van der Waals surface area contributed by atoms with Crippen molar-refractivity contribution in [3.8, 4) is 0 Å². The molecule has 1 aromatic heterocycles. The minimum atomic E-state index is -0.657. The van der Waals surface area contributed by atoms with Crippen molar-refractivity contribution in [1.82, 2.24) is 0 Å². The van der Waals surface area contributed by atoms with Crippen LogP contribution in [0, 0.1) is 15.9 Å². The van der Waals surface area contributed by atoms with Gasteiger partial charge < -0.3 is 5.32 Å². The number of nitrogens with one attached hydrogen (secondary N) is 1. The molecular weight excluding hydrogens is 359 g/mol. The largest absolute Gasteiger partial charge is 0.372 e. The Morgan fingerprint density at radius 1 is 1.53 bits per heavy atom. The zero-order valence-corrected chi connectivity index (χ0v) is 12.5. The zero-order chi connectivity index (χ0) is 14.0. The molecular formula is C11H7BrClFN2O2S. The Balaban J connectivity index is 2.21. The van der Waals surface area contributed by atoms with E-state index in [0.29, 0.717) is 4.34 Å². The smallest absolute Gasteiger partial charge is 0.295 e. The van der Waals surface area contributed by atoms with Crippen molar-refractivity contribution in [3.63, 3.8) is 0 Å². The van der Waals surface area contributed by atoms with E-state index in [1.54, 1.807) is 6.07 Å². The summed E-state index contributed by atoms with van der Waals surface area (Å²) in [5.41, 5.74) is -0.408. The number of hydrogen-bond acceptors (Lipinski definition) is 4. The maximum atomic E-state index is 13.6. The molecule has 19 heavy (non-hydrogen) atoms. The molecule has 0 amide bonds. The van der Waals surface area contributed by atoms with Crippen LogP contribution in [0.1, 0.15) is 4.88 Å². The molecule has 0 unspecified atom stereocenters. The van der Waals surface area contributed by atoms with Gasteiger partial charge in [-0.1, -0.05) is 17.7 Å². The Morgan fingerprint density at radius 3 is 2.84 bits per heavy atom. The summed E-state index contributed by atoms with van der Waals surface area (Å²) >= 11 is 10.5. The second kappa shape index (κ2) is 5.85. The summed E-state index contributed by atoms with van der Waals surface area (Å²) in [4.78, 5) is 11.0. The number of halogens is 3. The first-order valence-corrected chi connectivity index (χ1v) is 7.08. The highest BCUT2D eigenvalue weighted by molar-refractivity contribution is 9.10. The van der Waals surface area contributed by atoms with Crippen molar-refractivity contribution < 1.29 is 9.31 Å². The third-order valence-corrected chi connectivity index (χ3v) is 4.80. The van der Waals surface area contributed by atoms with Gasteiger partial charge in [-0.25, -0.2) is 4.39 Å². The molecule has 0 bridgehead atoms. The van der Waals surface area contributed by atoms with E-state index in [4.69, 9.17) is 11.6 Å². The minimum Gasteiger partial charge on any atom is -0.372 e. The highest BCUT2D eigenvalue weighted by Crippen LogP contribution is 2.33. The van der Waals surface area contributed by atoms with Crippen LogP contribution in [0.2, 0.25) is 4.34 Å². The monoisotopic (exact) mass is 364 g/mol. The van der Waals surface area contributed by atoms with Crippen LogP contribution in [0.25, 0.3) is 0 Å². The van der Waals surface area contributed by atoms with E-state index in [1.165, 1.54) is 29.5 Å². The SMILES string of the molecule is O=[N+]([O-])c1cccc(F)c1NCc1cc(Br)c(Cl)s1. The molecule has 1 N–H and O–H groups in total. The number of hydrogen-bond donors (Lipinski definition) is 1. The van der Waals surface area contributed by atoms with E-state index in [1.807, 2.05) is 0 Å². The summed E-state index contributed by atoms with van der Waals surface area (Å²) in [6.07, 6.45) is 0. The second-order valence-electron chi connectivity index (χ2n) is 3.58. The topological polar surface area (TPSA) is 55.2 Å². The quantitative estimate of drug-likeness (QED) is 0.624. The molecule has 1 aromatic carbocycles. The fourth-order valence-electron chi connectivity index (χ4n) is 1.49. The van der Waals surface area contributed by atoms with Gasteiger partial charge in [-0.15, -0.1) is 11.3 Å². The van der Waals surface area contributed by atoms with Crippen LogP contribution in [-0.2, 0) is 6.54 Å². The van der Waals surface area contributed by atoms with Gasteiger partial charge >= 0.3 is 0 Å². The molecule has 100 valence electrons. The molecule has 0 aliphatic rings. The Bertz CT molecular complexity index is 616. The molecule has 4 nitrogen and oxygen atoms in total. The van der Waals surface area contributed by atoms with E-state index in [0.717, 1.165) is 9.35 Å². The average molecular weight is 366 g/mol. The molecule has 0 saturated carbocycles. The molecule has 0 radical (unpaired) electrons. The van der Waals surface area contributed by atoms with Crippen LogP contribution in [0.5, 0.6) is 0 Å². The van der Waals surface area contributed by atoms with Crippen molar-refractivity contribution in [2.45, 2.75) is 6.54 Å². The van der Waals surface area contributed by atoms with Crippen LogP contribution < -0.4 is 5.32 Å². The third kappa shape index (κ3) is 3.23. The lowest BCUT2D eigenvalue weighted by Gasteiger charge is -2.06. The van der Waals surface area contributed by atoms with Crippen molar-refractivity contribution >= 4 is 50.2 Å². The van der Waals surface area contributed by atoms with E-state index >= 15 is 0 Å². The molecule has 0 aliphatic heterocycles. The van der Waals surface area contributed by atoms with E-state index in [9.17, 15) is 14.5 Å². The Kier molecular flexibility index (Phi) is 4.38. The number of benzene rings is 1. The van der Waals surface area contributed by atoms with Gasteiger partial charge in [0.05, 0.1) is 4.92 Å². The molecule has 1 heterocycles. The van der Waals surface area contributed by atoms with Crippen LogP contribution in [-0.4, -0.2) is 4.92 Å². The summed E-state index contributed by atoms with van der Waals surface area (Å²) in [6, 6.07) is 5.51. The molecule has 8 heteroatoms.